The lowest BCUT2D eigenvalue weighted by molar-refractivity contribution is 0.0951. The summed E-state index contributed by atoms with van der Waals surface area (Å²) in [4.78, 5) is 12.4. The Kier molecular flexibility index (Phi) is 4.52. The van der Waals surface area contributed by atoms with Crippen molar-refractivity contribution in [1.29, 1.82) is 0 Å². The molecule has 23 heavy (non-hydrogen) atoms. The van der Waals surface area contributed by atoms with E-state index in [1.165, 1.54) is 12.3 Å². The summed E-state index contributed by atoms with van der Waals surface area (Å²) in [7, 11) is 0. The van der Waals surface area contributed by atoms with Crippen LogP contribution in [0.3, 0.4) is 0 Å². The maximum atomic E-state index is 13.6. The van der Waals surface area contributed by atoms with Crippen molar-refractivity contribution in [3.8, 4) is 11.3 Å². The second-order valence-electron chi connectivity index (χ2n) is 4.94. The molecule has 1 aromatic heterocycles. The van der Waals surface area contributed by atoms with Crippen molar-refractivity contribution in [1.82, 2.24) is 15.5 Å². The summed E-state index contributed by atoms with van der Waals surface area (Å²) in [5.41, 5.74) is 2.32. The Morgan fingerprint density at radius 3 is 2.83 bits per heavy atom. The molecule has 3 rings (SSSR count). The van der Waals surface area contributed by atoms with E-state index < -0.39 is 0 Å². The number of halogens is 2. The van der Waals surface area contributed by atoms with E-state index in [2.05, 4.69) is 31.4 Å². The molecule has 0 radical (unpaired) electrons. The van der Waals surface area contributed by atoms with Gasteiger partial charge in [0.15, 0.2) is 0 Å². The van der Waals surface area contributed by atoms with Crippen LogP contribution in [0.4, 0.5) is 4.39 Å². The predicted octanol–water partition coefficient (Wildman–Crippen LogP) is 3.91. The highest BCUT2D eigenvalue weighted by Gasteiger charge is 2.15. The molecule has 0 aliphatic rings. The third-order valence-corrected chi connectivity index (χ3v) is 3.89. The molecule has 0 fully saturated rings. The average Bonchev–Trinajstić information content (AvgIpc) is 3.03. The Bertz CT molecular complexity index is 847. The van der Waals surface area contributed by atoms with Crippen LogP contribution in [0.5, 0.6) is 0 Å². The largest absolute Gasteiger partial charge is 0.348 e. The Labute approximate surface area is 140 Å². The summed E-state index contributed by atoms with van der Waals surface area (Å²) in [6.07, 6.45) is 1.47. The molecule has 0 aliphatic heterocycles. The first-order chi connectivity index (χ1) is 11.1. The molecule has 2 aromatic carbocycles. The van der Waals surface area contributed by atoms with Crippen molar-refractivity contribution in [2.24, 2.45) is 0 Å². The molecule has 0 saturated carbocycles. The van der Waals surface area contributed by atoms with Crippen LogP contribution in [-0.4, -0.2) is 16.1 Å². The number of hydrogen-bond acceptors (Lipinski definition) is 2. The molecule has 0 spiro atoms. The van der Waals surface area contributed by atoms with Gasteiger partial charge in [0.25, 0.3) is 5.91 Å². The number of carbonyl (C=O) groups excluding carboxylic acids is 1. The number of nitrogens with one attached hydrogen (secondary N) is 2. The lowest BCUT2D eigenvalue weighted by Crippen LogP contribution is -2.23. The Balaban J connectivity index is 1.79. The fourth-order valence-electron chi connectivity index (χ4n) is 2.23. The van der Waals surface area contributed by atoms with Crippen molar-refractivity contribution in [2.45, 2.75) is 6.54 Å². The molecule has 4 nitrogen and oxygen atoms in total. The summed E-state index contributed by atoms with van der Waals surface area (Å²) in [5.74, 6) is -0.649. The lowest BCUT2D eigenvalue weighted by Gasteiger charge is -2.07. The normalized spacial score (nSPS) is 10.5. The van der Waals surface area contributed by atoms with Crippen LogP contribution in [0.25, 0.3) is 11.3 Å². The number of amides is 1. The Hall–Kier alpha value is -2.47. The van der Waals surface area contributed by atoms with Crippen molar-refractivity contribution < 1.29 is 9.18 Å². The van der Waals surface area contributed by atoms with Gasteiger partial charge in [-0.1, -0.05) is 46.3 Å². The number of nitrogens with zero attached hydrogens (tertiary/aromatic N) is 1. The molecule has 0 aliphatic carbocycles. The molecule has 3 aromatic rings. The van der Waals surface area contributed by atoms with Crippen LogP contribution in [0, 0.1) is 5.82 Å². The smallest absolute Gasteiger partial charge is 0.255 e. The molecule has 0 atom stereocenters. The van der Waals surface area contributed by atoms with E-state index in [9.17, 15) is 9.18 Å². The van der Waals surface area contributed by atoms with Gasteiger partial charge in [0.05, 0.1) is 17.5 Å². The van der Waals surface area contributed by atoms with Crippen molar-refractivity contribution >= 4 is 21.8 Å². The first-order valence-corrected chi connectivity index (χ1v) is 7.75. The second-order valence-corrected chi connectivity index (χ2v) is 5.86. The van der Waals surface area contributed by atoms with Gasteiger partial charge in [-0.2, -0.15) is 5.10 Å². The fourth-order valence-corrected chi connectivity index (χ4v) is 2.63. The van der Waals surface area contributed by atoms with Crippen molar-refractivity contribution in [3.05, 3.63) is 76.1 Å². The summed E-state index contributed by atoms with van der Waals surface area (Å²) < 4.78 is 14.5. The first-order valence-electron chi connectivity index (χ1n) is 6.96. The number of rotatable bonds is 4. The Morgan fingerprint density at radius 2 is 2.04 bits per heavy atom. The molecule has 0 saturated heterocycles. The van der Waals surface area contributed by atoms with Crippen molar-refractivity contribution in [2.75, 3.05) is 0 Å². The van der Waals surface area contributed by atoms with E-state index in [0.29, 0.717) is 16.8 Å². The average molecular weight is 374 g/mol. The molecule has 1 heterocycles. The van der Waals surface area contributed by atoms with E-state index in [0.717, 1.165) is 10.0 Å². The number of carbonyl (C=O) groups is 1. The van der Waals surface area contributed by atoms with E-state index in [1.54, 1.807) is 18.2 Å². The zero-order chi connectivity index (χ0) is 16.2. The topological polar surface area (TPSA) is 57.8 Å². The molecule has 0 unspecified atom stereocenters. The van der Waals surface area contributed by atoms with Crippen molar-refractivity contribution in [3.63, 3.8) is 0 Å². The molecule has 0 bridgehead atoms. The van der Waals surface area contributed by atoms with E-state index >= 15 is 0 Å². The number of aromatic amines is 1. The van der Waals surface area contributed by atoms with Gasteiger partial charge < -0.3 is 5.32 Å². The first kappa shape index (κ1) is 15.4. The van der Waals surface area contributed by atoms with Crippen LogP contribution in [0.2, 0.25) is 0 Å². The molecule has 116 valence electrons. The number of benzene rings is 2. The monoisotopic (exact) mass is 373 g/mol. The third kappa shape index (κ3) is 3.48. The second kappa shape index (κ2) is 6.75. The SMILES string of the molecule is O=C(NCc1ccccc1F)c1cn[nH]c1-c1cccc(Br)c1. The third-order valence-electron chi connectivity index (χ3n) is 3.39. The molecule has 6 heteroatoms. The van der Waals surface area contributed by atoms with Gasteiger partial charge in [-0.3, -0.25) is 9.89 Å². The fraction of sp³-hybridized carbons (Fsp3) is 0.0588. The number of aromatic nitrogens is 2. The zero-order valence-electron chi connectivity index (χ0n) is 12.0. The maximum Gasteiger partial charge on any atom is 0.255 e. The van der Waals surface area contributed by atoms with Crippen LogP contribution in [0.15, 0.2) is 59.2 Å². The van der Waals surface area contributed by atoms with Gasteiger partial charge in [0, 0.05) is 22.1 Å². The van der Waals surface area contributed by atoms with Gasteiger partial charge in [-0.05, 0) is 18.2 Å². The van der Waals surface area contributed by atoms with Gasteiger partial charge in [0.2, 0.25) is 0 Å². The van der Waals surface area contributed by atoms with E-state index in [4.69, 9.17) is 0 Å². The summed E-state index contributed by atoms with van der Waals surface area (Å²) in [6.45, 7) is 0.120. The Morgan fingerprint density at radius 1 is 1.22 bits per heavy atom. The highest BCUT2D eigenvalue weighted by molar-refractivity contribution is 9.10. The minimum atomic E-state index is -0.341. The molecule has 1 amide bonds. The summed E-state index contributed by atoms with van der Waals surface area (Å²) in [5, 5.41) is 9.50. The zero-order valence-corrected chi connectivity index (χ0v) is 13.6. The van der Waals surface area contributed by atoms with Crippen LogP contribution in [0.1, 0.15) is 15.9 Å². The van der Waals surface area contributed by atoms with Crippen LogP contribution < -0.4 is 5.32 Å². The molecular formula is C17H13BrFN3O. The standard InChI is InChI=1S/C17H13BrFN3O/c18-13-6-3-5-11(8-13)16-14(10-21-22-16)17(23)20-9-12-4-1-2-7-15(12)19/h1-8,10H,9H2,(H,20,23)(H,21,22). The molecular weight excluding hydrogens is 361 g/mol. The van der Waals surface area contributed by atoms with Crippen LogP contribution in [-0.2, 0) is 6.54 Å². The van der Waals surface area contributed by atoms with Gasteiger partial charge in [-0.15, -0.1) is 0 Å². The predicted molar refractivity (Wildman–Crippen MR) is 89.3 cm³/mol. The summed E-state index contributed by atoms with van der Waals surface area (Å²) >= 11 is 3.40. The highest BCUT2D eigenvalue weighted by Crippen LogP contribution is 2.24. The maximum absolute atomic E-state index is 13.6. The van der Waals surface area contributed by atoms with E-state index in [-0.39, 0.29) is 18.3 Å². The highest BCUT2D eigenvalue weighted by atomic mass is 79.9. The van der Waals surface area contributed by atoms with Gasteiger partial charge in [0.1, 0.15) is 5.82 Å². The van der Waals surface area contributed by atoms with Crippen LogP contribution >= 0.6 is 15.9 Å². The molecule has 2 N–H and O–H groups in total. The quantitative estimate of drug-likeness (QED) is 0.728. The number of H-pyrrole nitrogens is 1. The van der Waals surface area contributed by atoms with Gasteiger partial charge >= 0.3 is 0 Å². The number of hydrogen-bond donors (Lipinski definition) is 2. The summed E-state index contributed by atoms with van der Waals surface area (Å²) in [6, 6.07) is 13.9. The minimum Gasteiger partial charge on any atom is -0.348 e. The van der Waals surface area contributed by atoms with E-state index in [1.807, 2.05) is 24.3 Å². The minimum absolute atomic E-state index is 0.120. The lowest BCUT2D eigenvalue weighted by atomic mass is 10.1. The van der Waals surface area contributed by atoms with Gasteiger partial charge in [-0.25, -0.2) is 4.39 Å².